The van der Waals surface area contributed by atoms with Crippen LogP contribution in [-0.2, 0) is 4.79 Å². The second kappa shape index (κ2) is 8.90. The molecule has 0 aliphatic heterocycles. The van der Waals surface area contributed by atoms with E-state index in [1.807, 2.05) is 6.92 Å². The molecule has 2 unspecified atom stereocenters. The topological polar surface area (TPSA) is 171 Å². The third kappa shape index (κ3) is 4.18. The van der Waals surface area contributed by atoms with Gasteiger partial charge in [0.15, 0.2) is 6.04 Å². The predicted octanol–water partition coefficient (Wildman–Crippen LogP) is 3.24. The second-order valence-electron chi connectivity index (χ2n) is 7.60. The Kier molecular flexibility index (Phi) is 5.99. The van der Waals surface area contributed by atoms with E-state index in [1.54, 1.807) is 25.3 Å². The summed E-state index contributed by atoms with van der Waals surface area (Å²) in [6.07, 6.45) is 1.70. The Morgan fingerprint density at radius 2 is 1.94 bits per heavy atom. The molecule has 0 aliphatic rings. The highest BCUT2D eigenvalue weighted by Crippen LogP contribution is 2.33. The molecule has 4 rings (SSSR count). The fourth-order valence-electron chi connectivity index (χ4n) is 3.75. The number of carboxylic acids is 1. The minimum Gasteiger partial charge on any atom is -0.479 e. The van der Waals surface area contributed by atoms with E-state index in [4.69, 9.17) is 0 Å². The van der Waals surface area contributed by atoms with Gasteiger partial charge in [0.05, 0.1) is 20.8 Å². The van der Waals surface area contributed by atoms with Gasteiger partial charge in [0, 0.05) is 23.1 Å². The molecule has 0 bridgehead atoms. The molecular formula is C22H19N5O6S. The van der Waals surface area contributed by atoms with Crippen molar-refractivity contribution >= 4 is 39.9 Å². The summed E-state index contributed by atoms with van der Waals surface area (Å²) < 4.78 is 0. The van der Waals surface area contributed by atoms with Crippen LogP contribution >= 0.6 is 11.3 Å². The van der Waals surface area contributed by atoms with Crippen molar-refractivity contribution in [2.24, 2.45) is 0 Å². The Hall–Kier alpha value is -4.32. The lowest BCUT2D eigenvalue weighted by Gasteiger charge is -2.14. The monoisotopic (exact) mass is 481 g/mol. The van der Waals surface area contributed by atoms with Crippen molar-refractivity contribution in [2.75, 3.05) is 0 Å². The summed E-state index contributed by atoms with van der Waals surface area (Å²) in [4.78, 5) is 58.7. The molecule has 3 aromatic heterocycles. The number of benzene rings is 1. The van der Waals surface area contributed by atoms with Crippen LogP contribution in [0.4, 0.5) is 5.69 Å². The van der Waals surface area contributed by atoms with Gasteiger partial charge in [-0.15, -0.1) is 11.3 Å². The maximum Gasteiger partial charge on any atom is 0.331 e. The molecule has 0 saturated heterocycles. The van der Waals surface area contributed by atoms with Crippen LogP contribution in [0.1, 0.15) is 50.4 Å². The highest BCUT2D eigenvalue weighted by molar-refractivity contribution is 7.14. The van der Waals surface area contributed by atoms with Crippen molar-refractivity contribution in [1.29, 1.82) is 0 Å². The van der Waals surface area contributed by atoms with Crippen molar-refractivity contribution in [3.8, 4) is 0 Å². The number of nitro benzene ring substituents is 1. The lowest BCUT2D eigenvalue weighted by molar-refractivity contribution is -0.385. The van der Waals surface area contributed by atoms with Crippen molar-refractivity contribution in [3.63, 3.8) is 0 Å². The molecule has 0 spiro atoms. The number of nitrogens with one attached hydrogen (secondary N) is 3. The number of nitro groups is 1. The van der Waals surface area contributed by atoms with Crippen LogP contribution in [0, 0.1) is 17.0 Å². The number of amides is 1. The van der Waals surface area contributed by atoms with Crippen molar-refractivity contribution in [3.05, 3.63) is 89.8 Å². The van der Waals surface area contributed by atoms with Crippen LogP contribution < -0.4 is 10.9 Å². The van der Waals surface area contributed by atoms with Gasteiger partial charge in [-0.1, -0.05) is 19.1 Å². The minimum atomic E-state index is -1.60. The van der Waals surface area contributed by atoms with Gasteiger partial charge in [-0.25, -0.2) is 9.78 Å². The first-order valence-corrected chi connectivity index (χ1v) is 10.9. The van der Waals surface area contributed by atoms with Crippen LogP contribution in [0.3, 0.4) is 0 Å². The van der Waals surface area contributed by atoms with E-state index < -0.39 is 28.5 Å². The molecule has 3 heterocycles. The zero-order valence-electron chi connectivity index (χ0n) is 18.0. The fourth-order valence-corrected chi connectivity index (χ4v) is 4.73. The van der Waals surface area contributed by atoms with Gasteiger partial charge in [-0.05, 0) is 30.7 Å². The van der Waals surface area contributed by atoms with E-state index in [-0.39, 0.29) is 21.9 Å². The van der Waals surface area contributed by atoms with Crippen LogP contribution in [0.15, 0.2) is 47.4 Å². The van der Waals surface area contributed by atoms with Crippen LogP contribution in [-0.4, -0.2) is 36.9 Å². The number of H-pyrrole nitrogens is 2. The van der Waals surface area contributed by atoms with E-state index in [0.717, 1.165) is 16.2 Å². The third-order valence-electron chi connectivity index (χ3n) is 5.40. The number of aliphatic carboxylic acids is 1. The number of hydrogen-bond donors (Lipinski definition) is 4. The molecule has 4 aromatic rings. The lowest BCUT2D eigenvalue weighted by atomic mass is 10.0. The number of carbonyl (C=O) groups excluding carboxylic acids is 1. The minimum absolute atomic E-state index is 0.126. The van der Waals surface area contributed by atoms with E-state index in [1.165, 1.54) is 24.3 Å². The molecule has 0 aliphatic carbocycles. The largest absolute Gasteiger partial charge is 0.479 e. The number of nitrogens with zero attached hydrogens (tertiary/aromatic N) is 2. The van der Waals surface area contributed by atoms with E-state index in [9.17, 15) is 29.6 Å². The van der Waals surface area contributed by atoms with Gasteiger partial charge < -0.3 is 20.4 Å². The first-order chi connectivity index (χ1) is 16.2. The summed E-state index contributed by atoms with van der Waals surface area (Å²) in [6.45, 7) is 3.56. The summed E-state index contributed by atoms with van der Waals surface area (Å²) >= 11 is 1.14. The normalized spacial score (nSPS) is 12.9. The van der Waals surface area contributed by atoms with Gasteiger partial charge >= 0.3 is 5.97 Å². The van der Waals surface area contributed by atoms with Gasteiger partial charge in [0.1, 0.15) is 11.5 Å². The predicted molar refractivity (Wildman–Crippen MR) is 124 cm³/mol. The molecule has 12 heteroatoms. The average molecular weight is 481 g/mol. The molecule has 34 heavy (non-hydrogen) atoms. The zero-order chi connectivity index (χ0) is 24.6. The quantitative estimate of drug-likeness (QED) is 0.232. The first kappa shape index (κ1) is 22.9. The number of aromatic nitrogens is 3. The molecule has 1 aromatic carbocycles. The number of fused-ring (bicyclic) bond motifs is 1. The summed E-state index contributed by atoms with van der Waals surface area (Å²) in [7, 11) is 0. The summed E-state index contributed by atoms with van der Waals surface area (Å²) in [5.41, 5.74) is 0.379. The van der Waals surface area contributed by atoms with Gasteiger partial charge in [-0.2, -0.15) is 0 Å². The Labute approximate surface area is 195 Å². The maximum atomic E-state index is 12.8. The third-order valence-corrected chi connectivity index (χ3v) is 6.67. The van der Waals surface area contributed by atoms with Crippen LogP contribution in [0.25, 0.3) is 11.0 Å². The van der Waals surface area contributed by atoms with Gasteiger partial charge in [0.2, 0.25) is 0 Å². The number of aryl methyl sites for hydroxylation is 1. The molecule has 0 radical (unpaired) electrons. The molecule has 2 atom stereocenters. The highest BCUT2D eigenvalue weighted by Gasteiger charge is 2.30. The molecule has 0 saturated carbocycles. The van der Waals surface area contributed by atoms with E-state index in [0.29, 0.717) is 22.4 Å². The average Bonchev–Trinajstić information content (AvgIpc) is 3.44. The summed E-state index contributed by atoms with van der Waals surface area (Å²) in [6, 6.07) is 7.03. The summed E-state index contributed by atoms with van der Waals surface area (Å²) in [5.74, 6) is -1.87. The van der Waals surface area contributed by atoms with E-state index >= 15 is 0 Å². The van der Waals surface area contributed by atoms with Crippen molar-refractivity contribution < 1.29 is 19.6 Å². The standard InChI is InChI=1S/C22H19N5O6S/c1-10(13-9-23-19-17(13)21(29)25-11(2)24-19)15-7-8-16(34-15)20(28)26-18(22(30)31)12-5-3-4-6-14(12)27(32)33/h3-10,18H,1-2H3,(H,26,28)(H,30,31)(H2,23,24,25,29). The molecule has 0 fully saturated rings. The molecular weight excluding hydrogens is 462 g/mol. The van der Waals surface area contributed by atoms with Crippen LogP contribution in [0.2, 0.25) is 0 Å². The number of aromatic amines is 2. The SMILES string of the molecule is Cc1nc2[nH]cc(C(C)c3ccc(C(=O)NC(C(=O)O)c4ccccc4[N+](=O)[O-])s3)c2c(=O)[nH]1. The molecule has 174 valence electrons. The van der Waals surface area contributed by atoms with Gasteiger partial charge in [-0.3, -0.25) is 19.7 Å². The van der Waals surface area contributed by atoms with Crippen molar-refractivity contribution in [1.82, 2.24) is 20.3 Å². The zero-order valence-corrected chi connectivity index (χ0v) is 18.8. The van der Waals surface area contributed by atoms with Crippen molar-refractivity contribution in [2.45, 2.75) is 25.8 Å². The number of carbonyl (C=O) groups is 2. The number of rotatable bonds is 7. The maximum absolute atomic E-state index is 12.8. The Balaban J connectivity index is 1.61. The highest BCUT2D eigenvalue weighted by atomic mass is 32.1. The smallest absolute Gasteiger partial charge is 0.331 e. The Morgan fingerprint density at radius 3 is 2.65 bits per heavy atom. The number of hydrogen-bond acceptors (Lipinski definition) is 7. The molecule has 4 N–H and O–H groups in total. The van der Waals surface area contributed by atoms with E-state index in [2.05, 4.69) is 20.3 Å². The summed E-state index contributed by atoms with van der Waals surface area (Å²) in [5, 5.41) is 23.7. The fraction of sp³-hybridized carbons (Fsp3) is 0.182. The number of carboxylic acid groups (broad SMARTS) is 1. The van der Waals surface area contributed by atoms with Crippen LogP contribution in [0.5, 0.6) is 0 Å². The Morgan fingerprint density at radius 1 is 1.21 bits per heavy atom. The Bertz CT molecular complexity index is 1490. The lowest BCUT2D eigenvalue weighted by Crippen LogP contribution is -2.33. The number of thiophene rings is 1. The number of para-hydroxylation sites is 1. The van der Waals surface area contributed by atoms with Gasteiger partial charge in [0.25, 0.3) is 17.2 Å². The molecule has 11 nitrogen and oxygen atoms in total. The second-order valence-corrected chi connectivity index (χ2v) is 8.72. The molecule has 1 amide bonds. The first-order valence-electron chi connectivity index (χ1n) is 10.1.